The van der Waals surface area contributed by atoms with Gasteiger partial charge in [0.1, 0.15) is 0 Å². The number of aromatic nitrogens is 2. The first-order chi connectivity index (χ1) is 14.1. The Bertz CT molecular complexity index is 1110. The van der Waals surface area contributed by atoms with E-state index in [0.29, 0.717) is 30.8 Å². The third-order valence-electron chi connectivity index (χ3n) is 6.59. The number of rotatable bonds is 4. The highest BCUT2D eigenvalue weighted by molar-refractivity contribution is 5.94. The second-order valence-electron chi connectivity index (χ2n) is 8.17. The second kappa shape index (κ2) is 6.84. The van der Waals surface area contributed by atoms with Crippen molar-refractivity contribution >= 4 is 17.0 Å². The molecule has 1 aliphatic carbocycles. The van der Waals surface area contributed by atoms with Crippen molar-refractivity contribution in [2.75, 3.05) is 19.6 Å². The molecule has 5 rings (SSSR count). The van der Waals surface area contributed by atoms with E-state index in [1.807, 2.05) is 30.3 Å². The molecule has 1 saturated heterocycles. The standard InChI is InChI=1S/C22H24N4O3/c23-14-22(9-3-10-22)19-7-6-15(12-24-19)20(27)25-11-8-16(13-25)26-17-4-1-2-5-18(17)29-21(26)28/h1-2,4-7,12,16H,3,8-11,13-14,23H2. The lowest BCUT2D eigenvalue weighted by Gasteiger charge is -2.40. The zero-order valence-corrected chi connectivity index (χ0v) is 16.2. The monoisotopic (exact) mass is 392 g/mol. The minimum atomic E-state index is -0.371. The van der Waals surface area contributed by atoms with Crippen LogP contribution in [-0.4, -0.2) is 40.0 Å². The van der Waals surface area contributed by atoms with E-state index in [1.165, 1.54) is 6.42 Å². The fourth-order valence-corrected chi connectivity index (χ4v) is 4.65. The topological polar surface area (TPSA) is 94.4 Å². The van der Waals surface area contributed by atoms with Gasteiger partial charge in [0.05, 0.1) is 17.1 Å². The average molecular weight is 392 g/mol. The summed E-state index contributed by atoms with van der Waals surface area (Å²) in [6.45, 7) is 1.68. The van der Waals surface area contributed by atoms with Gasteiger partial charge < -0.3 is 15.1 Å². The molecule has 7 heteroatoms. The van der Waals surface area contributed by atoms with Gasteiger partial charge in [-0.05, 0) is 43.5 Å². The second-order valence-corrected chi connectivity index (χ2v) is 8.17. The van der Waals surface area contributed by atoms with Crippen molar-refractivity contribution in [1.29, 1.82) is 0 Å². The number of pyridine rings is 1. The number of fused-ring (bicyclic) bond motifs is 1. The third-order valence-corrected chi connectivity index (χ3v) is 6.59. The predicted molar refractivity (Wildman–Crippen MR) is 109 cm³/mol. The predicted octanol–water partition coefficient (Wildman–Crippen LogP) is 2.46. The number of para-hydroxylation sites is 2. The van der Waals surface area contributed by atoms with Crippen molar-refractivity contribution in [2.24, 2.45) is 5.73 Å². The number of nitrogens with zero attached hydrogens (tertiary/aromatic N) is 3. The van der Waals surface area contributed by atoms with Crippen LogP contribution >= 0.6 is 0 Å². The third kappa shape index (κ3) is 2.88. The number of carbonyl (C=O) groups excluding carboxylic acids is 1. The number of oxazole rings is 1. The summed E-state index contributed by atoms with van der Waals surface area (Å²) < 4.78 is 7.02. The number of amides is 1. The summed E-state index contributed by atoms with van der Waals surface area (Å²) in [5.41, 5.74) is 8.86. The molecule has 1 unspecified atom stereocenters. The fourth-order valence-electron chi connectivity index (χ4n) is 4.65. The van der Waals surface area contributed by atoms with Crippen LogP contribution in [-0.2, 0) is 5.41 Å². The molecule has 0 radical (unpaired) electrons. The quantitative estimate of drug-likeness (QED) is 0.736. The Kier molecular flexibility index (Phi) is 4.28. The van der Waals surface area contributed by atoms with Gasteiger partial charge in [0, 0.05) is 36.9 Å². The van der Waals surface area contributed by atoms with E-state index in [9.17, 15) is 9.59 Å². The van der Waals surface area contributed by atoms with Crippen LogP contribution in [0.2, 0.25) is 0 Å². The van der Waals surface area contributed by atoms with Crippen molar-refractivity contribution in [3.05, 3.63) is 64.4 Å². The maximum Gasteiger partial charge on any atom is 0.420 e. The highest BCUT2D eigenvalue weighted by atomic mass is 16.4. The summed E-state index contributed by atoms with van der Waals surface area (Å²) in [5, 5.41) is 0. The molecule has 1 amide bonds. The Labute approximate surface area is 168 Å². The maximum atomic E-state index is 13.0. The zero-order chi connectivity index (χ0) is 20.0. The molecule has 1 aliphatic heterocycles. The van der Waals surface area contributed by atoms with Gasteiger partial charge in [-0.3, -0.25) is 14.3 Å². The van der Waals surface area contributed by atoms with Crippen molar-refractivity contribution in [3.63, 3.8) is 0 Å². The average Bonchev–Trinajstić information content (AvgIpc) is 3.31. The summed E-state index contributed by atoms with van der Waals surface area (Å²) in [4.78, 5) is 31.7. The van der Waals surface area contributed by atoms with Crippen LogP contribution in [0.15, 0.2) is 51.8 Å². The maximum absolute atomic E-state index is 13.0. The highest BCUT2D eigenvalue weighted by Gasteiger charge is 2.38. The number of nitrogens with two attached hydrogens (primary N) is 1. The van der Waals surface area contributed by atoms with Crippen LogP contribution in [0, 0.1) is 0 Å². The number of likely N-dealkylation sites (tertiary alicyclic amines) is 1. The van der Waals surface area contributed by atoms with E-state index in [4.69, 9.17) is 10.2 Å². The van der Waals surface area contributed by atoms with Gasteiger partial charge in [0.2, 0.25) is 0 Å². The summed E-state index contributed by atoms with van der Waals surface area (Å²) in [6.07, 6.45) is 5.68. The van der Waals surface area contributed by atoms with E-state index >= 15 is 0 Å². The Morgan fingerprint density at radius 2 is 2.07 bits per heavy atom. The van der Waals surface area contributed by atoms with Crippen LogP contribution in [0.1, 0.15) is 47.8 Å². The van der Waals surface area contributed by atoms with Gasteiger partial charge in [0.25, 0.3) is 5.91 Å². The van der Waals surface area contributed by atoms with E-state index in [2.05, 4.69) is 4.98 Å². The summed E-state index contributed by atoms with van der Waals surface area (Å²) in [6, 6.07) is 11.1. The molecule has 2 aromatic heterocycles. The van der Waals surface area contributed by atoms with Crippen LogP contribution in [0.4, 0.5) is 0 Å². The van der Waals surface area contributed by atoms with Crippen LogP contribution < -0.4 is 11.5 Å². The molecule has 1 saturated carbocycles. The van der Waals surface area contributed by atoms with Crippen molar-refractivity contribution in [1.82, 2.24) is 14.5 Å². The number of hydrogen-bond acceptors (Lipinski definition) is 5. The molecular weight excluding hydrogens is 368 g/mol. The SMILES string of the molecule is NCC1(c2ccc(C(=O)N3CCC(n4c(=O)oc5ccccc54)C3)cn2)CCC1. The Hall–Kier alpha value is -2.93. The molecule has 3 aromatic rings. The zero-order valence-electron chi connectivity index (χ0n) is 16.2. The molecule has 150 valence electrons. The highest BCUT2D eigenvalue weighted by Crippen LogP contribution is 2.41. The van der Waals surface area contributed by atoms with Crippen molar-refractivity contribution < 1.29 is 9.21 Å². The first kappa shape index (κ1) is 18.1. The van der Waals surface area contributed by atoms with Crippen molar-refractivity contribution in [3.8, 4) is 0 Å². The Morgan fingerprint density at radius 3 is 2.76 bits per heavy atom. The molecule has 29 heavy (non-hydrogen) atoms. The van der Waals surface area contributed by atoms with Gasteiger partial charge in [0.15, 0.2) is 5.58 Å². The Balaban J connectivity index is 1.34. The molecule has 2 fully saturated rings. The van der Waals surface area contributed by atoms with E-state index < -0.39 is 0 Å². The summed E-state index contributed by atoms with van der Waals surface area (Å²) >= 11 is 0. The normalized spacial score (nSPS) is 20.7. The molecule has 7 nitrogen and oxygen atoms in total. The van der Waals surface area contributed by atoms with Crippen LogP contribution in [0.5, 0.6) is 0 Å². The lowest BCUT2D eigenvalue weighted by molar-refractivity contribution is 0.0787. The van der Waals surface area contributed by atoms with Gasteiger partial charge in [-0.2, -0.15) is 0 Å². The molecule has 0 bridgehead atoms. The molecule has 1 aromatic carbocycles. The van der Waals surface area contributed by atoms with Gasteiger partial charge in [-0.1, -0.05) is 18.6 Å². The first-order valence-electron chi connectivity index (χ1n) is 10.2. The van der Waals surface area contributed by atoms with Crippen LogP contribution in [0.25, 0.3) is 11.1 Å². The van der Waals surface area contributed by atoms with E-state index in [1.54, 1.807) is 21.7 Å². The van der Waals surface area contributed by atoms with Gasteiger partial charge in [-0.15, -0.1) is 0 Å². The summed E-state index contributed by atoms with van der Waals surface area (Å²) in [7, 11) is 0. The van der Waals surface area contributed by atoms with E-state index in [-0.39, 0.29) is 23.1 Å². The molecule has 0 spiro atoms. The van der Waals surface area contributed by atoms with Crippen LogP contribution in [0.3, 0.4) is 0 Å². The van der Waals surface area contributed by atoms with Gasteiger partial charge >= 0.3 is 5.76 Å². The minimum absolute atomic E-state index is 0.0101. The largest absolute Gasteiger partial charge is 0.420 e. The Morgan fingerprint density at radius 1 is 1.24 bits per heavy atom. The summed E-state index contributed by atoms with van der Waals surface area (Å²) in [5.74, 6) is -0.424. The minimum Gasteiger partial charge on any atom is -0.408 e. The lowest BCUT2D eigenvalue weighted by Crippen LogP contribution is -2.42. The fraction of sp³-hybridized carbons (Fsp3) is 0.409. The molecular formula is C22H24N4O3. The molecule has 2 aliphatic rings. The molecule has 2 N–H and O–H groups in total. The number of benzene rings is 1. The van der Waals surface area contributed by atoms with Crippen molar-refractivity contribution in [2.45, 2.75) is 37.1 Å². The molecule has 1 atom stereocenters. The molecule has 3 heterocycles. The van der Waals surface area contributed by atoms with E-state index in [0.717, 1.165) is 30.5 Å². The smallest absolute Gasteiger partial charge is 0.408 e. The first-order valence-corrected chi connectivity index (χ1v) is 10.2. The number of carbonyl (C=O) groups is 1. The van der Waals surface area contributed by atoms with Gasteiger partial charge in [-0.25, -0.2) is 4.79 Å². The number of hydrogen-bond donors (Lipinski definition) is 1. The lowest BCUT2D eigenvalue weighted by atomic mass is 9.66.